The van der Waals surface area contributed by atoms with Crippen LogP contribution in [-0.2, 0) is 6.61 Å². The van der Waals surface area contributed by atoms with Crippen LogP contribution in [0.4, 0.5) is 0 Å². The van der Waals surface area contributed by atoms with Crippen LogP contribution in [0.1, 0.15) is 49.4 Å². The molecule has 1 aliphatic heterocycles. The highest BCUT2D eigenvalue weighted by Crippen LogP contribution is 2.38. The number of nitrogens with one attached hydrogen (secondary N) is 1. The molecule has 94 valence electrons. The quantitative estimate of drug-likeness (QED) is 0.824. The smallest absolute Gasteiger partial charge is 0.0853 e. The molecule has 0 atom stereocenters. The van der Waals surface area contributed by atoms with Crippen LogP contribution in [0, 0.1) is 0 Å². The SMILES string of the molecule is C1CCNCC1.OCc1cccc(C2CC2)n1. The van der Waals surface area contributed by atoms with Gasteiger partial charge in [0.25, 0.3) is 0 Å². The van der Waals surface area contributed by atoms with Gasteiger partial charge in [-0.05, 0) is 50.9 Å². The summed E-state index contributed by atoms with van der Waals surface area (Å²) < 4.78 is 0. The molecular weight excluding hydrogens is 212 g/mol. The van der Waals surface area contributed by atoms with Crippen molar-refractivity contribution in [2.24, 2.45) is 0 Å². The van der Waals surface area contributed by atoms with E-state index in [0.717, 1.165) is 11.4 Å². The summed E-state index contributed by atoms with van der Waals surface area (Å²) in [5.41, 5.74) is 1.94. The number of hydrogen-bond acceptors (Lipinski definition) is 3. The maximum Gasteiger partial charge on any atom is 0.0853 e. The first kappa shape index (κ1) is 12.5. The molecule has 1 aromatic heterocycles. The fraction of sp³-hybridized carbons (Fsp3) is 0.643. The molecule has 2 fully saturated rings. The van der Waals surface area contributed by atoms with Crippen LogP contribution in [0.2, 0.25) is 0 Å². The summed E-state index contributed by atoms with van der Waals surface area (Å²) >= 11 is 0. The molecule has 2 aliphatic rings. The largest absolute Gasteiger partial charge is 0.390 e. The van der Waals surface area contributed by atoms with Crippen molar-refractivity contribution in [3.63, 3.8) is 0 Å². The highest BCUT2D eigenvalue weighted by atomic mass is 16.3. The van der Waals surface area contributed by atoms with Crippen molar-refractivity contribution < 1.29 is 5.11 Å². The molecule has 3 nitrogen and oxygen atoms in total. The van der Waals surface area contributed by atoms with Gasteiger partial charge in [0.05, 0.1) is 12.3 Å². The monoisotopic (exact) mass is 234 g/mol. The summed E-state index contributed by atoms with van der Waals surface area (Å²) in [6.45, 7) is 2.56. The molecule has 3 heteroatoms. The van der Waals surface area contributed by atoms with E-state index in [4.69, 9.17) is 5.11 Å². The van der Waals surface area contributed by atoms with Gasteiger partial charge in [-0.2, -0.15) is 0 Å². The molecule has 1 saturated heterocycles. The van der Waals surface area contributed by atoms with E-state index in [1.54, 1.807) is 0 Å². The van der Waals surface area contributed by atoms with Crippen LogP contribution < -0.4 is 5.32 Å². The standard InChI is InChI=1S/C9H11NO.C5H11N/c11-6-8-2-1-3-9(10-8)7-4-5-7;1-2-4-6-5-3-1/h1-3,7,11H,4-6H2;6H,1-5H2. The van der Waals surface area contributed by atoms with E-state index in [2.05, 4.69) is 10.3 Å². The topological polar surface area (TPSA) is 45.1 Å². The van der Waals surface area contributed by atoms with Crippen molar-refractivity contribution in [1.29, 1.82) is 0 Å². The minimum Gasteiger partial charge on any atom is -0.390 e. The minimum absolute atomic E-state index is 0.0561. The maximum absolute atomic E-state index is 8.80. The molecule has 1 aromatic rings. The summed E-state index contributed by atoms with van der Waals surface area (Å²) in [5.74, 6) is 0.682. The third-order valence-electron chi connectivity index (χ3n) is 3.19. The van der Waals surface area contributed by atoms with Gasteiger partial charge in [-0.25, -0.2) is 0 Å². The second kappa shape index (κ2) is 6.72. The molecule has 0 amide bonds. The molecule has 2 heterocycles. The summed E-state index contributed by atoms with van der Waals surface area (Å²) in [4.78, 5) is 4.30. The maximum atomic E-state index is 8.80. The van der Waals surface area contributed by atoms with Crippen molar-refractivity contribution in [2.75, 3.05) is 13.1 Å². The van der Waals surface area contributed by atoms with Crippen LogP contribution in [-0.4, -0.2) is 23.2 Å². The van der Waals surface area contributed by atoms with Gasteiger partial charge in [-0.1, -0.05) is 12.5 Å². The number of hydrogen-bond donors (Lipinski definition) is 2. The predicted octanol–water partition coefficient (Wildman–Crippen LogP) is 2.21. The molecule has 0 bridgehead atoms. The molecule has 0 unspecified atom stereocenters. The van der Waals surface area contributed by atoms with Crippen molar-refractivity contribution in [3.8, 4) is 0 Å². The Morgan fingerprint density at radius 1 is 1.18 bits per heavy atom. The van der Waals surface area contributed by atoms with Crippen LogP contribution in [0.25, 0.3) is 0 Å². The van der Waals surface area contributed by atoms with Crippen molar-refractivity contribution in [3.05, 3.63) is 29.6 Å². The Kier molecular flexibility index (Phi) is 4.95. The molecule has 0 radical (unpaired) electrons. The van der Waals surface area contributed by atoms with Gasteiger partial charge in [0.2, 0.25) is 0 Å². The van der Waals surface area contributed by atoms with E-state index in [-0.39, 0.29) is 6.61 Å². The molecule has 0 spiro atoms. The minimum atomic E-state index is 0.0561. The van der Waals surface area contributed by atoms with Crippen molar-refractivity contribution in [2.45, 2.75) is 44.6 Å². The Bertz CT molecular complexity index is 321. The molecule has 1 saturated carbocycles. The zero-order chi connectivity index (χ0) is 11.9. The van der Waals surface area contributed by atoms with Crippen molar-refractivity contribution >= 4 is 0 Å². The first-order valence-electron chi connectivity index (χ1n) is 6.67. The van der Waals surface area contributed by atoms with Gasteiger partial charge in [-0.3, -0.25) is 4.98 Å². The van der Waals surface area contributed by atoms with Gasteiger partial charge in [-0.15, -0.1) is 0 Å². The zero-order valence-corrected chi connectivity index (χ0v) is 10.4. The van der Waals surface area contributed by atoms with Gasteiger partial charge >= 0.3 is 0 Å². The summed E-state index contributed by atoms with van der Waals surface area (Å²) in [5, 5.41) is 12.1. The number of rotatable bonds is 2. The Morgan fingerprint density at radius 2 is 1.94 bits per heavy atom. The highest BCUT2D eigenvalue weighted by Gasteiger charge is 2.24. The third kappa shape index (κ3) is 4.44. The van der Waals surface area contributed by atoms with Crippen LogP contribution in [0.15, 0.2) is 18.2 Å². The predicted molar refractivity (Wildman–Crippen MR) is 68.9 cm³/mol. The number of aliphatic hydroxyl groups is 1. The fourth-order valence-corrected chi connectivity index (χ4v) is 1.99. The normalized spacial score (nSPS) is 19.4. The number of nitrogens with zero attached hydrogens (tertiary/aromatic N) is 1. The lowest BCUT2D eigenvalue weighted by molar-refractivity contribution is 0.276. The average molecular weight is 234 g/mol. The molecule has 2 N–H and O–H groups in total. The van der Waals surface area contributed by atoms with Gasteiger partial charge in [0.15, 0.2) is 0 Å². The lowest BCUT2D eigenvalue weighted by Gasteiger charge is -2.08. The van der Waals surface area contributed by atoms with Gasteiger partial charge in [0.1, 0.15) is 0 Å². The van der Waals surface area contributed by atoms with E-state index in [9.17, 15) is 0 Å². The first-order valence-corrected chi connectivity index (χ1v) is 6.67. The van der Waals surface area contributed by atoms with E-state index in [0.29, 0.717) is 5.92 Å². The van der Waals surface area contributed by atoms with Gasteiger partial charge < -0.3 is 10.4 Å². The van der Waals surface area contributed by atoms with Crippen LogP contribution in [0.3, 0.4) is 0 Å². The summed E-state index contributed by atoms with van der Waals surface area (Å²) in [7, 11) is 0. The average Bonchev–Trinajstić information content (AvgIpc) is 3.26. The van der Waals surface area contributed by atoms with E-state index < -0.39 is 0 Å². The zero-order valence-electron chi connectivity index (χ0n) is 10.4. The number of aromatic nitrogens is 1. The van der Waals surface area contributed by atoms with Crippen molar-refractivity contribution in [1.82, 2.24) is 10.3 Å². The Balaban J connectivity index is 0.000000153. The Morgan fingerprint density at radius 3 is 2.41 bits per heavy atom. The lowest BCUT2D eigenvalue weighted by Crippen LogP contribution is -2.21. The summed E-state index contributed by atoms with van der Waals surface area (Å²) in [6.07, 6.45) is 6.75. The van der Waals surface area contributed by atoms with E-state index in [1.807, 2.05) is 18.2 Å². The number of pyridine rings is 1. The summed E-state index contributed by atoms with van der Waals surface area (Å²) in [6, 6.07) is 5.86. The van der Waals surface area contributed by atoms with Crippen LogP contribution in [0.5, 0.6) is 0 Å². The van der Waals surface area contributed by atoms with E-state index >= 15 is 0 Å². The number of aliphatic hydroxyl groups excluding tert-OH is 1. The van der Waals surface area contributed by atoms with Crippen LogP contribution >= 0.6 is 0 Å². The molecule has 1 aliphatic carbocycles. The number of piperidine rings is 1. The molecule has 3 rings (SSSR count). The van der Waals surface area contributed by atoms with E-state index in [1.165, 1.54) is 45.2 Å². The second-order valence-electron chi connectivity index (χ2n) is 4.80. The second-order valence-corrected chi connectivity index (χ2v) is 4.80. The molecular formula is C14H22N2O. The highest BCUT2D eigenvalue weighted by molar-refractivity contribution is 5.18. The third-order valence-corrected chi connectivity index (χ3v) is 3.19. The molecule has 0 aromatic carbocycles. The fourth-order valence-electron chi connectivity index (χ4n) is 1.99. The molecule has 17 heavy (non-hydrogen) atoms. The lowest BCUT2D eigenvalue weighted by atomic mass is 10.2. The first-order chi connectivity index (χ1) is 8.40. The van der Waals surface area contributed by atoms with Gasteiger partial charge in [0, 0.05) is 11.6 Å². The Hall–Kier alpha value is -0.930. The Labute approximate surface area is 103 Å².